The molecule has 0 saturated carbocycles. The minimum atomic E-state index is -0.141. The van der Waals surface area contributed by atoms with Crippen LogP contribution in [0.3, 0.4) is 0 Å². The quantitative estimate of drug-likeness (QED) is 0.831. The minimum Gasteiger partial charge on any atom is -0.354 e. The molecule has 7 heteroatoms. The van der Waals surface area contributed by atoms with Gasteiger partial charge in [-0.1, -0.05) is 30.3 Å². The van der Waals surface area contributed by atoms with E-state index in [0.717, 1.165) is 6.54 Å². The second kappa shape index (κ2) is 7.95. The molecule has 1 aromatic carbocycles. The summed E-state index contributed by atoms with van der Waals surface area (Å²) in [5.74, 6) is 0.618. The van der Waals surface area contributed by atoms with Crippen molar-refractivity contribution in [3.63, 3.8) is 0 Å². The first-order chi connectivity index (χ1) is 12.5. The fraction of sp³-hybridized carbons (Fsp3) is 0.368. The van der Waals surface area contributed by atoms with Crippen LogP contribution in [0, 0.1) is 0 Å². The normalized spacial score (nSPS) is 14.2. The van der Waals surface area contributed by atoms with Crippen LogP contribution in [-0.4, -0.2) is 65.0 Å². The Labute approximate surface area is 153 Å². The molecule has 2 aromatic rings. The molecule has 0 aliphatic carbocycles. The lowest BCUT2D eigenvalue weighted by molar-refractivity contribution is -0.130. The van der Waals surface area contributed by atoms with Gasteiger partial charge in [-0.25, -0.2) is 0 Å². The second-order valence-corrected chi connectivity index (χ2v) is 6.42. The Bertz CT molecular complexity index is 755. The lowest BCUT2D eigenvalue weighted by Gasteiger charge is -2.33. The molecule has 0 radical (unpaired) electrons. The first-order valence-electron chi connectivity index (χ1n) is 8.68. The lowest BCUT2D eigenvalue weighted by atomic mass is 10.2. The number of rotatable bonds is 4. The number of amides is 2. The Hall–Kier alpha value is -2.96. The van der Waals surface area contributed by atoms with E-state index in [0.29, 0.717) is 37.7 Å². The van der Waals surface area contributed by atoms with E-state index < -0.39 is 0 Å². The van der Waals surface area contributed by atoms with Crippen LogP contribution in [-0.2, 0) is 11.3 Å². The maximum absolute atomic E-state index is 12.6. The van der Waals surface area contributed by atoms with Crippen molar-refractivity contribution in [3.05, 3.63) is 53.7 Å². The van der Waals surface area contributed by atoms with Gasteiger partial charge in [0.2, 0.25) is 5.91 Å². The molecule has 136 valence electrons. The molecule has 0 unspecified atom stereocenters. The zero-order valence-electron chi connectivity index (χ0n) is 15.1. The summed E-state index contributed by atoms with van der Waals surface area (Å²) in [7, 11) is 1.94. The summed E-state index contributed by atoms with van der Waals surface area (Å²) in [5, 5.41) is 8.30. The molecule has 3 rings (SSSR count). The van der Waals surface area contributed by atoms with Gasteiger partial charge in [0.15, 0.2) is 11.5 Å². The number of carbonyl (C=O) groups excluding carboxylic acids is 2. The fourth-order valence-electron chi connectivity index (χ4n) is 2.97. The van der Waals surface area contributed by atoms with Crippen molar-refractivity contribution in [1.29, 1.82) is 0 Å². The Kier molecular flexibility index (Phi) is 5.46. The van der Waals surface area contributed by atoms with Crippen LogP contribution in [0.2, 0.25) is 0 Å². The SMILES string of the molecule is CC(=O)N1CCN(C(=O)c2ccc(N(C)Cc3ccccc3)nn2)CC1. The molecule has 1 saturated heterocycles. The topological polar surface area (TPSA) is 69.6 Å². The predicted molar refractivity (Wildman–Crippen MR) is 98.7 cm³/mol. The van der Waals surface area contributed by atoms with E-state index >= 15 is 0 Å². The monoisotopic (exact) mass is 353 g/mol. The van der Waals surface area contributed by atoms with E-state index in [9.17, 15) is 9.59 Å². The Morgan fingerprint density at radius 2 is 1.62 bits per heavy atom. The molecular formula is C19H23N5O2. The third-order valence-corrected chi connectivity index (χ3v) is 4.54. The van der Waals surface area contributed by atoms with Crippen molar-refractivity contribution in [1.82, 2.24) is 20.0 Å². The molecule has 1 aromatic heterocycles. The maximum Gasteiger partial charge on any atom is 0.274 e. The van der Waals surface area contributed by atoms with Gasteiger partial charge >= 0.3 is 0 Å². The predicted octanol–water partition coefficient (Wildman–Crippen LogP) is 1.42. The van der Waals surface area contributed by atoms with E-state index in [2.05, 4.69) is 22.3 Å². The lowest BCUT2D eigenvalue weighted by Crippen LogP contribution is -2.50. The zero-order chi connectivity index (χ0) is 18.5. The van der Waals surface area contributed by atoms with Gasteiger partial charge in [-0.2, -0.15) is 0 Å². The summed E-state index contributed by atoms with van der Waals surface area (Å²) in [6, 6.07) is 13.6. The van der Waals surface area contributed by atoms with Gasteiger partial charge in [-0.05, 0) is 17.7 Å². The highest BCUT2D eigenvalue weighted by atomic mass is 16.2. The van der Waals surface area contributed by atoms with Crippen LogP contribution < -0.4 is 4.90 Å². The molecule has 1 aliphatic heterocycles. The van der Waals surface area contributed by atoms with E-state index in [1.54, 1.807) is 22.8 Å². The van der Waals surface area contributed by atoms with Crippen molar-refractivity contribution in [3.8, 4) is 0 Å². The van der Waals surface area contributed by atoms with Crippen molar-refractivity contribution in [2.24, 2.45) is 0 Å². The molecule has 0 N–H and O–H groups in total. The zero-order valence-corrected chi connectivity index (χ0v) is 15.1. The van der Waals surface area contributed by atoms with Gasteiger partial charge in [0.25, 0.3) is 5.91 Å². The standard InChI is InChI=1S/C19H23N5O2/c1-15(25)23-10-12-24(13-11-23)19(26)17-8-9-18(21-20-17)22(2)14-16-6-4-3-5-7-16/h3-9H,10-14H2,1-2H3. The molecule has 0 spiro atoms. The van der Waals surface area contributed by atoms with Gasteiger partial charge in [-0.15, -0.1) is 10.2 Å². The summed E-state index contributed by atoms with van der Waals surface area (Å²) in [6.45, 7) is 4.44. The summed E-state index contributed by atoms with van der Waals surface area (Å²) in [5.41, 5.74) is 1.51. The van der Waals surface area contributed by atoms with Crippen molar-refractivity contribution in [2.75, 3.05) is 38.1 Å². The molecule has 2 heterocycles. The third-order valence-electron chi connectivity index (χ3n) is 4.54. The maximum atomic E-state index is 12.6. The molecule has 1 aliphatic rings. The van der Waals surface area contributed by atoms with E-state index in [-0.39, 0.29) is 11.8 Å². The highest BCUT2D eigenvalue weighted by molar-refractivity contribution is 5.92. The average Bonchev–Trinajstić information content (AvgIpc) is 2.68. The number of aromatic nitrogens is 2. The number of benzene rings is 1. The van der Waals surface area contributed by atoms with Crippen molar-refractivity contribution < 1.29 is 9.59 Å². The molecule has 1 fully saturated rings. The average molecular weight is 353 g/mol. The van der Waals surface area contributed by atoms with E-state index in [1.807, 2.05) is 36.2 Å². The highest BCUT2D eigenvalue weighted by Gasteiger charge is 2.24. The number of carbonyl (C=O) groups is 2. The third kappa shape index (κ3) is 4.17. The summed E-state index contributed by atoms with van der Waals surface area (Å²) in [4.78, 5) is 29.4. The van der Waals surface area contributed by atoms with E-state index in [4.69, 9.17) is 0 Å². The molecular weight excluding hydrogens is 330 g/mol. The highest BCUT2D eigenvalue weighted by Crippen LogP contribution is 2.13. The molecule has 0 atom stereocenters. The van der Waals surface area contributed by atoms with Gasteiger partial charge in [0.05, 0.1) is 0 Å². The molecule has 26 heavy (non-hydrogen) atoms. The Morgan fingerprint density at radius 3 is 2.19 bits per heavy atom. The summed E-state index contributed by atoms with van der Waals surface area (Å²) < 4.78 is 0. The number of anilines is 1. The summed E-state index contributed by atoms with van der Waals surface area (Å²) in [6.07, 6.45) is 0. The van der Waals surface area contributed by atoms with Crippen LogP contribution in [0.15, 0.2) is 42.5 Å². The van der Waals surface area contributed by atoms with Crippen LogP contribution in [0.5, 0.6) is 0 Å². The first kappa shape index (κ1) is 17.8. The van der Waals surface area contributed by atoms with Gasteiger partial charge in [-0.3, -0.25) is 9.59 Å². The summed E-state index contributed by atoms with van der Waals surface area (Å²) >= 11 is 0. The number of hydrogen-bond donors (Lipinski definition) is 0. The van der Waals surface area contributed by atoms with E-state index in [1.165, 1.54) is 5.56 Å². The fourth-order valence-corrected chi connectivity index (χ4v) is 2.97. The van der Waals surface area contributed by atoms with Crippen LogP contribution >= 0.6 is 0 Å². The Morgan fingerprint density at radius 1 is 0.962 bits per heavy atom. The van der Waals surface area contributed by atoms with Crippen LogP contribution in [0.25, 0.3) is 0 Å². The largest absolute Gasteiger partial charge is 0.354 e. The number of nitrogens with zero attached hydrogens (tertiary/aromatic N) is 5. The number of hydrogen-bond acceptors (Lipinski definition) is 5. The van der Waals surface area contributed by atoms with Gasteiger partial charge in [0, 0.05) is 46.7 Å². The Balaban J connectivity index is 1.60. The minimum absolute atomic E-state index is 0.0442. The molecule has 7 nitrogen and oxygen atoms in total. The molecule has 2 amide bonds. The van der Waals surface area contributed by atoms with Crippen molar-refractivity contribution >= 4 is 17.6 Å². The second-order valence-electron chi connectivity index (χ2n) is 6.42. The van der Waals surface area contributed by atoms with Gasteiger partial charge in [0.1, 0.15) is 0 Å². The molecule has 0 bridgehead atoms. The number of piperazine rings is 1. The first-order valence-corrected chi connectivity index (χ1v) is 8.68. The van der Waals surface area contributed by atoms with Crippen LogP contribution in [0.4, 0.5) is 5.82 Å². The van der Waals surface area contributed by atoms with Crippen LogP contribution in [0.1, 0.15) is 23.0 Å². The smallest absolute Gasteiger partial charge is 0.274 e. The van der Waals surface area contributed by atoms with Gasteiger partial charge < -0.3 is 14.7 Å². The van der Waals surface area contributed by atoms with Crippen molar-refractivity contribution in [2.45, 2.75) is 13.5 Å².